The monoisotopic (exact) mass is 387 g/mol. The summed E-state index contributed by atoms with van der Waals surface area (Å²) in [6.45, 7) is 4.37. The maximum Gasteiger partial charge on any atom is 0.336 e. The van der Waals surface area contributed by atoms with E-state index in [-0.39, 0.29) is 18.0 Å². The Labute approximate surface area is 159 Å². The number of carbonyl (C=O) groups excluding carboxylic acids is 1. The van der Waals surface area contributed by atoms with E-state index in [4.69, 9.17) is 4.74 Å². The molecule has 0 aliphatic rings. The van der Waals surface area contributed by atoms with Crippen LogP contribution in [0.4, 0.5) is 0 Å². The number of hydrogen-bond acceptors (Lipinski definition) is 5. The van der Waals surface area contributed by atoms with Crippen LogP contribution in [-0.4, -0.2) is 35.3 Å². The Morgan fingerprint density at radius 2 is 2.00 bits per heavy atom. The maximum atomic E-state index is 13.2. The van der Waals surface area contributed by atoms with Crippen molar-refractivity contribution in [3.8, 4) is 5.69 Å². The number of ether oxygens (including phenoxy) is 1. The number of nitrogens with one attached hydrogen (secondary N) is 1. The first-order chi connectivity index (χ1) is 13.0. The van der Waals surface area contributed by atoms with E-state index in [9.17, 15) is 14.4 Å². The molecule has 3 aromatic rings. The normalized spacial score (nSPS) is 11.1. The molecule has 0 unspecified atom stereocenters. The molecule has 2 heterocycles. The van der Waals surface area contributed by atoms with Gasteiger partial charge in [-0.2, -0.15) is 0 Å². The van der Waals surface area contributed by atoms with E-state index in [1.807, 2.05) is 26.0 Å². The first kappa shape index (κ1) is 19.1. The van der Waals surface area contributed by atoms with Crippen LogP contribution in [0.15, 0.2) is 39.2 Å². The molecule has 0 fully saturated rings. The average Bonchev–Trinajstić information content (AvgIpc) is 3.12. The molecule has 0 radical (unpaired) electrons. The summed E-state index contributed by atoms with van der Waals surface area (Å²) in [4.78, 5) is 38.4. The van der Waals surface area contributed by atoms with E-state index in [1.54, 1.807) is 24.6 Å². The fourth-order valence-electron chi connectivity index (χ4n) is 2.92. The summed E-state index contributed by atoms with van der Waals surface area (Å²) < 4.78 is 7.86. The molecule has 0 atom stereocenters. The lowest BCUT2D eigenvalue weighted by Gasteiger charge is -2.14. The molecule has 8 heteroatoms. The molecule has 1 N–H and O–H groups in total. The van der Waals surface area contributed by atoms with E-state index in [1.165, 1.54) is 15.9 Å². The highest BCUT2D eigenvalue weighted by Crippen LogP contribution is 2.19. The van der Waals surface area contributed by atoms with Crippen LogP contribution in [0.5, 0.6) is 0 Å². The third-order valence-corrected chi connectivity index (χ3v) is 5.39. The average molecular weight is 387 g/mol. The zero-order chi connectivity index (χ0) is 19.6. The second-order valence-electron chi connectivity index (χ2n) is 6.21. The van der Waals surface area contributed by atoms with E-state index in [0.29, 0.717) is 29.1 Å². The molecule has 0 spiro atoms. The van der Waals surface area contributed by atoms with Crippen molar-refractivity contribution in [2.45, 2.75) is 20.4 Å². The number of methoxy groups -OCH3 is 1. The van der Waals surface area contributed by atoms with Crippen molar-refractivity contribution < 1.29 is 9.53 Å². The summed E-state index contributed by atoms with van der Waals surface area (Å²) in [5.41, 5.74) is 1.95. The Morgan fingerprint density at radius 3 is 2.74 bits per heavy atom. The Bertz CT molecular complexity index is 1110. The van der Waals surface area contributed by atoms with E-state index < -0.39 is 5.69 Å². The Hall–Kier alpha value is -2.71. The quantitative estimate of drug-likeness (QED) is 0.651. The van der Waals surface area contributed by atoms with Crippen molar-refractivity contribution in [1.29, 1.82) is 0 Å². The van der Waals surface area contributed by atoms with E-state index in [2.05, 4.69) is 5.32 Å². The zero-order valence-electron chi connectivity index (χ0n) is 15.4. The molecule has 7 nitrogen and oxygen atoms in total. The summed E-state index contributed by atoms with van der Waals surface area (Å²) in [7, 11) is 1.55. The molecule has 2 aromatic heterocycles. The number of fused-ring (bicyclic) bond motifs is 1. The maximum absolute atomic E-state index is 13.2. The molecule has 0 bridgehead atoms. The Morgan fingerprint density at radius 1 is 1.22 bits per heavy atom. The van der Waals surface area contributed by atoms with Crippen LogP contribution in [0.3, 0.4) is 0 Å². The minimum Gasteiger partial charge on any atom is -0.383 e. The molecule has 0 aliphatic heterocycles. The Kier molecular flexibility index (Phi) is 5.57. The fourth-order valence-corrected chi connectivity index (χ4v) is 3.75. The van der Waals surface area contributed by atoms with Crippen LogP contribution >= 0.6 is 11.3 Å². The largest absolute Gasteiger partial charge is 0.383 e. The number of hydrogen-bond donors (Lipinski definition) is 1. The fraction of sp³-hybridized carbons (Fsp3) is 0.316. The molecule has 1 amide bonds. The summed E-state index contributed by atoms with van der Waals surface area (Å²) in [5.74, 6) is -0.312. The SMILES string of the molecule is COCCNC(=O)Cn1c(=O)n(-c2cccc(C)c2C)c(=O)c2sccc21. The van der Waals surface area contributed by atoms with E-state index >= 15 is 0 Å². The third-order valence-electron chi connectivity index (χ3n) is 4.50. The minimum atomic E-state index is -0.526. The zero-order valence-corrected chi connectivity index (χ0v) is 16.3. The van der Waals surface area contributed by atoms with Gasteiger partial charge in [0.05, 0.1) is 17.8 Å². The number of rotatable bonds is 6. The van der Waals surface area contributed by atoms with Crippen molar-refractivity contribution in [1.82, 2.24) is 14.5 Å². The molecule has 1 aromatic carbocycles. The Balaban J connectivity index is 2.16. The standard InChI is InChI=1S/C19H21N3O4S/c1-12-5-4-6-14(13(12)2)22-18(24)17-15(7-10-27-17)21(19(22)25)11-16(23)20-8-9-26-3/h4-7,10H,8-9,11H2,1-3H3,(H,20,23). The van der Waals surface area contributed by atoms with Gasteiger partial charge in [-0.25, -0.2) is 9.36 Å². The van der Waals surface area contributed by atoms with Gasteiger partial charge in [-0.15, -0.1) is 11.3 Å². The summed E-state index contributed by atoms with van der Waals surface area (Å²) in [6.07, 6.45) is 0. The number of aromatic nitrogens is 2. The van der Waals surface area contributed by atoms with Gasteiger partial charge in [0.1, 0.15) is 11.2 Å². The molecule has 3 rings (SSSR count). The number of aryl methyl sites for hydroxylation is 1. The summed E-state index contributed by atoms with van der Waals surface area (Å²) in [6, 6.07) is 7.17. The lowest BCUT2D eigenvalue weighted by molar-refractivity contribution is -0.121. The predicted octanol–water partition coefficient (Wildman–Crippen LogP) is 1.59. The highest BCUT2D eigenvalue weighted by molar-refractivity contribution is 7.17. The van der Waals surface area contributed by atoms with Gasteiger partial charge in [0.15, 0.2) is 0 Å². The molecular weight excluding hydrogens is 366 g/mol. The van der Waals surface area contributed by atoms with Crippen molar-refractivity contribution in [3.05, 3.63) is 61.6 Å². The van der Waals surface area contributed by atoms with Gasteiger partial charge in [0, 0.05) is 13.7 Å². The van der Waals surface area contributed by atoms with Gasteiger partial charge >= 0.3 is 5.69 Å². The number of amides is 1. The molecule has 0 saturated heterocycles. The van der Waals surface area contributed by atoms with Crippen molar-refractivity contribution in [3.63, 3.8) is 0 Å². The molecule has 142 valence electrons. The first-order valence-electron chi connectivity index (χ1n) is 8.51. The third kappa shape index (κ3) is 3.58. The van der Waals surface area contributed by atoms with Gasteiger partial charge in [-0.3, -0.25) is 14.2 Å². The second kappa shape index (κ2) is 7.89. The lowest BCUT2D eigenvalue weighted by Crippen LogP contribution is -2.42. The van der Waals surface area contributed by atoms with Crippen molar-refractivity contribution in [2.75, 3.05) is 20.3 Å². The number of benzene rings is 1. The number of carbonyl (C=O) groups is 1. The minimum absolute atomic E-state index is 0.166. The molecular formula is C19H21N3O4S. The van der Waals surface area contributed by atoms with Crippen LogP contribution in [0.2, 0.25) is 0 Å². The van der Waals surface area contributed by atoms with Crippen molar-refractivity contribution >= 4 is 27.5 Å². The van der Waals surface area contributed by atoms with Gasteiger partial charge in [-0.05, 0) is 42.5 Å². The highest BCUT2D eigenvalue weighted by Gasteiger charge is 2.18. The smallest absolute Gasteiger partial charge is 0.336 e. The van der Waals surface area contributed by atoms with Crippen molar-refractivity contribution in [2.24, 2.45) is 0 Å². The van der Waals surface area contributed by atoms with Gasteiger partial charge in [0.25, 0.3) is 5.56 Å². The first-order valence-corrected chi connectivity index (χ1v) is 9.39. The van der Waals surface area contributed by atoms with E-state index in [0.717, 1.165) is 15.7 Å². The molecule has 0 aliphatic carbocycles. The van der Waals surface area contributed by atoms with Crippen LogP contribution in [0, 0.1) is 13.8 Å². The van der Waals surface area contributed by atoms with Gasteiger partial charge < -0.3 is 10.1 Å². The van der Waals surface area contributed by atoms with Crippen LogP contribution in [-0.2, 0) is 16.1 Å². The van der Waals surface area contributed by atoms with Crippen LogP contribution in [0.1, 0.15) is 11.1 Å². The molecule has 27 heavy (non-hydrogen) atoms. The van der Waals surface area contributed by atoms with Crippen LogP contribution in [0.25, 0.3) is 15.9 Å². The molecule has 0 saturated carbocycles. The van der Waals surface area contributed by atoms with Gasteiger partial charge in [0.2, 0.25) is 5.91 Å². The lowest BCUT2D eigenvalue weighted by atomic mass is 10.1. The second-order valence-corrected chi connectivity index (χ2v) is 7.12. The predicted molar refractivity (Wildman–Crippen MR) is 106 cm³/mol. The topological polar surface area (TPSA) is 82.3 Å². The number of thiophene rings is 1. The number of nitrogens with zero attached hydrogens (tertiary/aromatic N) is 2. The summed E-state index contributed by atoms with van der Waals surface area (Å²) >= 11 is 1.26. The van der Waals surface area contributed by atoms with Crippen LogP contribution < -0.4 is 16.6 Å². The van der Waals surface area contributed by atoms with Gasteiger partial charge in [-0.1, -0.05) is 12.1 Å². The summed E-state index contributed by atoms with van der Waals surface area (Å²) in [5, 5.41) is 4.45. The highest BCUT2D eigenvalue weighted by atomic mass is 32.1.